The first-order valence-corrected chi connectivity index (χ1v) is 7.76. The van der Waals surface area contributed by atoms with Crippen LogP contribution in [0.4, 0.5) is 11.6 Å². The summed E-state index contributed by atoms with van der Waals surface area (Å²) >= 11 is 0. The number of aromatic nitrogens is 2. The highest BCUT2D eigenvalue weighted by Crippen LogP contribution is 2.27. The summed E-state index contributed by atoms with van der Waals surface area (Å²) in [6.45, 7) is 0.590. The molecule has 1 aromatic carbocycles. The highest BCUT2D eigenvalue weighted by Gasteiger charge is 2.25. The summed E-state index contributed by atoms with van der Waals surface area (Å²) in [6, 6.07) is 11.4. The molecule has 6 heteroatoms. The molecule has 0 radical (unpaired) electrons. The number of methoxy groups -OCH3 is 1. The summed E-state index contributed by atoms with van der Waals surface area (Å²) in [5.74, 6) is 2.15. The van der Waals surface area contributed by atoms with Crippen LogP contribution in [0.5, 0.6) is 5.75 Å². The zero-order valence-corrected chi connectivity index (χ0v) is 13.1. The second kappa shape index (κ2) is 7.09. The minimum Gasteiger partial charge on any atom is -0.496 e. The molecule has 1 amide bonds. The van der Waals surface area contributed by atoms with Gasteiger partial charge in [0.1, 0.15) is 11.6 Å². The number of ether oxygens (including phenoxy) is 1. The lowest BCUT2D eigenvalue weighted by molar-refractivity contribution is -0.122. The Morgan fingerprint density at radius 1 is 1.17 bits per heavy atom. The van der Waals surface area contributed by atoms with Gasteiger partial charge in [-0.3, -0.25) is 4.79 Å². The zero-order valence-electron chi connectivity index (χ0n) is 13.1. The highest BCUT2D eigenvalue weighted by atomic mass is 16.5. The number of anilines is 2. The van der Waals surface area contributed by atoms with Crippen molar-refractivity contribution >= 4 is 17.5 Å². The van der Waals surface area contributed by atoms with E-state index >= 15 is 0 Å². The summed E-state index contributed by atoms with van der Waals surface area (Å²) in [5.41, 5.74) is 1.04. The van der Waals surface area contributed by atoms with Gasteiger partial charge in [-0.05, 0) is 31.0 Å². The van der Waals surface area contributed by atoms with Gasteiger partial charge in [0.15, 0.2) is 5.82 Å². The second-order valence-electron chi connectivity index (χ2n) is 5.59. The predicted octanol–water partition coefficient (Wildman–Crippen LogP) is 2.84. The largest absolute Gasteiger partial charge is 0.496 e. The Morgan fingerprint density at radius 2 is 1.91 bits per heavy atom. The third-order valence-corrected chi connectivity index (χ3v) is 4.04. The molecule has 1 fully saturated rings. The average Bonchev–Trinajstić information content (AvgIpc) is 2.53. The van der Waals surface area contributed by atoms with Crippen molar-refractivity contribution in [1.82, 2.24) is 10.2 Å². The molecule has 0 spiro atoms. The van der Waals surface area contributed by atoms with Crippen LogP contribution in [0.3, 0.4) is 0 Å². The summed E-state index contributed by atoms with van der Waals surface area (Å²) in [6.07, 6.45) is 3.07. The van der Waals surface area contributed by atoms with Crippen molar-refractivity contribution in [3.05, 3.63) is 42.0 Å². The first-order chi connectivity index (χ1) is 11.3. The Labute approximate surface area is 135 Å². The van der Waals surface area contributed by atoms with Gasteiger partial charge in [0.2, 0.25) is 5.91 Å². The minimum absolute atomic E-state index is 0.0419. The Morgan fingerprint density at radius 3 is 2.57 bits per heavy atom. The van der Waals surface area contributed by atoms with Gasteiger partial charge in [-0.25, -0.2) is 0 Å². The summed E-state index contributed by atoms with van der Waals surface area (Å²) < 4.78 is 5.31. The number of hydrogen-bond acceptors (Lipinski definition) is 5. The van der Waals surface area contributed by atoms with E-state index < -0.39 is 0 Å². The van der Waals surface area contributed by atoms with Gasteiger partial charge in [-0.1, -0.05) is 24.6 Å². The second-order valence-corrected chi connectivity index (χ2v) is 5.59. The Kier molecular flexibility index (Phi) is 4.71. The van der Waals surface area contributed by atoms with Crippen LogP contribution in [-0.2, 0) is 11.3 Å². The number of nitrogens with zero attached hydrogens (tertiary/aromatic N) is 2. The standard InChI is InChI=1S/C17H20N4O2/c1-23-14-8-3-2-5-13(14)11-18-15-9-10-16(21-20-15)19-17(22)12-6-4-7-12/h2-3,5,8-10,12H,4,6-7,11H2,1H3,(H,18,20)(H,19,21,22). The zero-order chi connectivity index (χ0) is 16.1. The van der Waals surface area contributed by atoms with E-state index in [0.717, 1.165) is 30.6 Å². The van der Waals surface area contributed by atoms with Crippen molar-refractivity contribution in [2.75, 3.05) is 17.7 Å². The van der Waals surface area contributed by atoms with Crippen LogP contribution in [0.25, 0.3) is 0 Å². The van der Waals surface area contributed by atoms with E-state index in [2.05, 4.69) is 20.8 Å². The number of rotatable bonds is 6. The van der Waals surface area contributed by atoms with Crippen LogP contribution in [0, 0.1) is 5.92 Å². The predicted molar refractivity (Wildman–Crippen MR) is 88.3 cm³/mol. The molecule has 1 aliphatic carbocycles. The molecule has 1 aromatic heterocycles. The summed E-state index contributed by atoms with van der Waals surface area (Å²) in [4.78, 5) is 11.9. The van der Waals surface area contributed by atoms with Gasteiger partial charge >= 0.3 is 0 Å². The maximum Gasteiger partial charge on any atom is 0.228 e. The lowest BCUT2D eigenvalue weighted by Crippen LogP contribution is -2.28. The third-order valence-electron chi connectivity index (χ3n) is 4.04. The highest BCUT2D eigenvalue weighted by molar-refractivity contribution is 5.92. The van der Waals surface area contributed by atoms with Crippen molar-refractivity contribution in [3.8, 4) is 5.75 Å². The van der Waals surface area contributed by atoms with Crippen LogP contribution >= 0.6 is 0 Å². The fourth-order valence-electron chi connectivity index (χ4n) is 2.43. The fraction of sp³-hybridized carbons (Fsp3) is 0.353. The number of para-hydroxylation sites is 1. The lowest BCUT2D eigenvalue weighted by atomic mass is 9.85. The molecular formula is C17H20N4O2. The van der Waals surface area contributed by atoms with Crippen molar-refractivity contribution in [3.63, 3.8) is 0 Å². The molecule has 1 aliphatic rings. The van der Waals surface area contributed by atoms with Crippen molar-refractivity contribution in [2.45, 2.75) is 25.8 Å². The maximum absolute atomic E-state index is 11.9. The lowest BCUT2D eigenvalue weighted by Gasteiger charge is -2.23. The van der Waals surface area contributed by atoms with Crippen molar-refractivity contribution < 1.29 is 9.53 Å². The SMILES string of the molecule is COc1ccccc1CNc1ccc(NC(=O)C2CCC2)nn1. The first-order valence-electron chi connectivity index (χ1n) is 7.76. The Hall–Kier alpha value is -2.63. The molecular weight excluding hydrogens is 292 g/mol. The van der Waals surface area contributed by atoms with Crippen LogP contribution in [0.2, 0.25) is 0 Å². The molecule has 2 N–H and O–H groups in total. The molecule has 1 heterocycles. The molecule has 6 nitrogen and oxygen atoms in total. The average molecular weight is 312 g/mol. The van der Waals surface area contributed by atoms with E-state index in [0.29, 0.717) is 18.2 Å². The molecule has 0 atom stereocenters. The van der Waals surface area contributed by atoms with Crippen LogP contribution in [0.1, 0.15) is 24.8 Å². The van der Waals surface area contributed by atoms with E-state index in [9.17, 15) is 4.79 Å². The molecule has 3 rings (SSSR count). The van der Waals surface area contributed by atoms with Gasteiger partial charge in [0, 0.05) is 18.0 Å². The van der Waals surface area contributed by atoms with E-state index in [-0.39, 0.29) is 11.8 Å². The number of carbonyl (C=O) groups excluding carboxylic acids is 1. The molecule has 0 bridgehead atoms. The van der Waals surface area contributed by atoms with Gasteiger partial charge < -0.3 is 15.4 Å². The van der Waals surface area contributed by atoms with Crippen molar-refractivity contribution in [1.29, 1.82) is 0 Å². The molecule has 0 aliphatic heterocycles. The number of hydrogen-bond donors (Lipinski definition) is 2. The third kappa shape index (κ3) is 3.77. The van der Waals surface area contributed by atoms with Gasteiger partial charge in [-0.15, -0.1) is 10.2 Å². The Bertz CT molecular complexity index is 669. The minimum atomic E-state index is 0.0419. The molecule has 2 aromatic rings. The fourth-order valence-corrected chi connectivity index (χ4v) is 2.43. The molecule has 0 saturated heterocycles. The Balaban J connectivity index is 1.56. The van der Waals surface area contributed by atoms with Crippen LogP contribution < -0.4 is 15.4 Å². The number of benzene rings is 1. The first kappa shape index (κ1) is 15.3. The van der Waals surface area contributed by atoms with E-state index in [1.165, 1.54) is 0 Å². The van der Waals surface area contributed by atoms with E-state index in [4.69, 9.17) is 4.74 Å². The summed E-state index contributed by atoms with van der Waals surface area (Å²) in [5, 5.41) is 14.1. The number of amides is 1. The molecule has 23 heavy (non-hydrogen) atoms. The van der Waals surface area contributed by atoms with E-state index in [1.54, 1.807) is 19.2 Å². The number of nitrogens with one attached hydrogen (secondary N) is 2. The van der Waals surface area contributed by atoms with Crippen LogP contribution in [0.15, 0.2) is 36.4 Å². The smallest absolute Gasteiger partial charge is 0.228 e. The van der Waals surface area contributed by atoms with Gasteiger partial charge in [0.05, 0.1) is 7.11 Å². The summed E-state index contributed by atoms with van der Waals surface area (Å²) in [7, 11) is 1.65. The monoisotopic (exact) mass is 312 g/mol. The van der Waals surface area contributed by atoms with E-state index in [1.807, 2.05) is 24.3 Å². The normalized spacial score (nSPS) is 14.0. The van der Waals surface area contributed by atoms with Gasteiger partial charge in [-0.2, -0.15) is 0 Å². The van der Waals surface area contributed by atoms with Crippen molar-refractivity contribution in [2.24, 2.45) is 5.92 Å². The van der Waals surface area contributed by atoms with Gasteiger partial charge in [0.25, 0.3) is 0 Å². The molecule has 120 valence electrons. The quantitative estimate of drug-likeness (QED) is 0.858. The topological polar surface area (TPSA) is 76.1 Å². The number of carbonyl (C=O) groups is 1. The van der Waals surface area contributed by atoms with Crippen LogP contribution in [-0.4, -0.2) is 23.2 Å². The molecule has 1 saturated carbocycles. The maximum atomic E-state index is 11.9. The molecule has 0 unspecified atom stereocenters.